The zero-order valence-corrected chi connectivity index (χ0v) is 21.0. The molecule has 1 fully saturated rings. The Balaban J connectivity index is 1.50. The molecular formula is C28H25NO6S. The van der Waals surface area contributed by atoms with Gasteiger partial charge in [0.15, 0.2) is 11.5 Å². The van der Waals surface area contributed by atoms with Gasteiger partial charge in [0.05, 0.1) is 24.1 Å². The summed E-state index contributed by atoms with van der Waals surface area (Å²) in [4.78, 5) is 39.6. The monoisotopic (exact) mass is 503 g/mol. The number of esters is 1. The van der Waals surface area contributed by atoms with E-state index >= 15 is 0 Å². The van der Waals surface area contributed by atoms with Gasteiger partial charge in [-0.15, -0.1) is 0 Å². The van der Waals surface area contributed by atoms with Crippen LogP contribution in [0.15, 0.2) is 71.6 Å². The van der Waals surface area contributed by atoms with Crippen LogP contribution in [0.2, 0.25) is 0 Å². The highest BCUT2D eigenvalue weighted by Gasteiger charge is 2.35. The van der Waals surface area contributed by atoms with Crippen molar-refractivity contribution in [3.63, 3.8) is 0 Å². The molecule has 0 atom stereocenters. The molecule has 0 aliphatic carbocycles. The molecule has 8 heteroatoms. The lowest BCUT2D eigenvalue weighted by atomic mass is 10.1. The van der Waals surface area contributed by atoms with Crippen molar-refractivity contribution in [2.45, 2.75) is 13.8 Å². The number of methoxy groups -OCH3 is 1. The first-order chi connectivity index (χ1) is 17.4. The molecule has 1 heterocycles. The van der Waals surface area contributed by atoms with E-state index in [1.807, 2.05) is 50.2 Å². The molecule has 0 saturated carbocycles. The van der Waals surface area contributed by atoms with Crippen LogP contribution in [0.25, 0.3) is 6.08 Å². The summed E-state index contributed by atoms with van der Waals surface area (Å²) >= 11 is 0.826. The number of benzene rings is 3. The van der Waals surface area contributed by atoms with Crippen molar-refractivity contribution in [2.24, 2.45) is 0 Å². The molecule has 36 heavy (non-hydrogen) atoms. The van der Waals surface area contributed by atoms with Gasteiger partial charge in [0.25, 0.3) is 11.1 Å². The first-order valence-corrected chi connectivity index (χ1v) is 12.1. The molecule has 184 valence electrons. The molecule has 3 aromatic rings. The number of thioether (sulfide) groups is 1. The topological polar surface area (TPSA) is 82.1 Å². The molecule has 0 radical (unpaired) electrons. The Morgan fingerprint density at radius 1 is 0.944 bits per heavy atom. The van der Waals surface area contributed by atoms with Gasteiger partial charge in [-0.2, -0.15) is 0 Å². The van der Waals surface area contributed by atoms with E-state index < -0.39 is 11.9 Å². The first kappa shape index (κ1) is 25.1. The number of nitrogens with zero attached hydrogens (tertiary/aromatic N) is 1. The largest absolute Gasteiger partial charge is 0.493 e. The number of rotatable bonds is 8. The molecule has 2 amide bonds. The molecule has 1 aliphatic rings. The Hall–Kier alpha value is -4.04. The van der Waals surface area contributed by atoms with Gasteiger partial charge in [0, 0.05) is 5.56 Å². The van der Waals surface area contributed by atoms with Crippen molar-refractivity contribution in [1.29, 1.82) is 0 Å². The van der Waals surface area contributed by atoms with E-state index in [0.29, 0.717) is 22.6 Å². The lowest BCUT2D eigenvalue weighted by Gasteiger charge is -2.14. The van der Waals surface area contributed by atoms with Crippen molar-refractivity contribution in [2.75, 3.05) is 20.3 Å². The maximum Gasteiger partial charge on any atom is 0.343 e. The van der Waals surface area contributed by atoms with E-state index in [0.717, 1.165) is 27.8 Å². The van der Waals surface area contributed by atoms with Crippen molar-refractivity contribution in [3.8, 4) is 17.2 Å². The minimum atomic E-state index is -0.560. The molecule has 1 aliphatic heterocycles. The average molecular weight is 504 g/mol. The quantitative estimate of drug-likeness (QED) is 0.223. The number of imide groups is 1. The van der Waals surface area contributed by atoms with Gasteiger partial charge >= 0.3 is 5.97 Å². The Kier molecular flexibility index (Phi) is 7.75. The maximum absolute atomic E-state index is 13.0. The highest BCUT2D eigenvalue weighted by Crippen LogP contribution is 2.37. The minimum Gasteiger partial charge on any atom is -0.493 e. The van der Waals surface area contributed by atoms with Crippen molar-refractivity contribution in [1.82, 2.24) is 4.90 Å². The van der Waals surface area contributed by atoms with Crippen LogP contribution < -0.4 is 14.2 Å². The number of hydrogen-bond acceptors (Lipinski definition) is 7. The Morgan fingerprint density at radius 3 is 2.28 bits per heavy atom. The summed E-state index contributed by atoms with van der Waals surface area (Å²) in [5.41, 5.74) is 2.95. The van der Waals surface area contributed by atoms with Crippen molar-refractivity contribution < 1.29 is 28.6 Å². The third-order valence-electron chi connectivity index (χ3n) is 5.48. The number of carbonyl (C=O) groups is 3. The van der Waals surface area contributed by atoms with Crippen molar-refractivity contribution in [3.05, 3.63) is 93.9 Å². The van der Waals surface area contributed by atoms with Gasteiger partial charge in [-0.3, -0.25) is 14.5 Å². The number of amides is 2. The molecule has 7 nitrogen and oxygen atoms in total. The number of hydrogen-bond donors (Lipinski definition) is 0. The lowest BCUT2D eigenvalue weighted by molar-refractivity contribution is -0.123. The molecule has 0 spiro atoms. The van der Waals surface area contributed by atoms with Crippen LogP contribution >= 0.6 is 11.8 Å². The summed E-state index contributed by atoms with van der Waals surface area (Å²) in [5.74, 6) is 0.168. The second-order valence-electron chi connectivity index (χ2n) is 8.13. The molecule has 0 bridgehead atoms. The Bertz CT molecular complexity index is 1310. The van der Waals surface area contributed by atoms with E-state index in [2.05, 4.69) is 0 Å². The van der Waals surface area contributed by atoms with Crippen LogP contribution in [0.4, 0.5) is 4.79 Å². The molecule has 0 aromatic heterocycles. The van der Waals surface area contributed by atoms with E-state index in [1.165, 1.54) is 13.2 Å². The fourth-order valence-electron chi connectivity index (χ4n) is 3.48. The maximum atomic E-state index is 13.0. The number of para-hydroxylation sites is 1. The number of carbonyl (C=O) groups excluding carboxylic acids is 3. The predicted molar refractivity (Wildman–Crippen MR) is 138 cm³/mol. The van der Waals surface area contributed by atoms with E-state index in [1.54, 1.807) is 30.3 Å². The highest BCUT2D eigenvalue weighted by molar-refractivity contribution is 8.18. The fraction of sp³-hybridized carbons (Fsp3) is 0.179. The first-order valence-electron chi connectivity index (χ1n) is 11.3. The van der Waals surface area contributed by atoms with Crippen LogP contribution in [-0.4, -0.2) is 42.3 Å². The van der Waals surface area contributed by atoms with Crippen LogP contribution in [0, 0.1) is 13.8 Å². The van der Waals surface area contributed by atoms with Gasteiger partial charge in [-0.25, -0.2) is 4.79 Å². The fourth-order valence-corrected chi connectivity index (χ4v) is 4.34. The Labute approximate surface area is 213 Å². The zero-order valence-electron chi connectivity index (χ0n) is 20.1. The van der Waals surface area contributed by atoms with E-state index in [4.69, 9.17) is 14.2 Å². The summed E-state index contributed by atoms with van der Waals surface area (Å²) < 4.78 is 16.7. The van der Waals surface area contributed by atoms with Crippen LogP contribution in [0.1, 0.15) is 27.0 Å². The summed E-state index contributed by atoms with van der Waals surface area (Å²) in [7, 11) is 1.46. The Morgan fingerprint density at radius 2 is 1.61 bits per heavy atom. The third kappa shape index (κ3) is 5.78. The van der Waals surface area contributed by atoms with Crippen LogP contribution in [0.3, 0.4) is 0 Å². The van der Waals surface area contributed by atoms with Crippen LogP contribution in [-0.2, 0) is 4.79 Å². The second kappa shape index (κ2) is 11.1. The summed E-state index contributed by atoms with van der Waals surface area (Å²) in [6, 6.07) is 19.6. The molecule has 3 aromatic carbocycles. The number of ether oxygens (including phenoxy) is 3. The predicted octanol–water partition coefficient (Wildman–Crippen LogP) is 5.65. The average Bonchev–Trinajstić information content (AvgIpc) is 3.13. The SMILES string of the molecule is COc1cccc(/C=C2\SC(=O)N(CCOc3ccc(C)cc3)C2=O)c1OC(=O)c1ccc(C)cc1. The number of aryl methyl sites for hydroxylation is 2. The van der Waals surface area contributed by atoms with E-state index in [9.17, 15) is 14.4 Å². The van der Waals surface area contributed by atoms with Gasteiger partial charge in [0.1, 0.15) is 12.4 Å². The molecule has 0 N–H and O–H groups in total. The zero-order chi connectivity index (χ0) is 25.7. The minimum absolute atomic E-state index is 0.114. The summed E-state index contributed by atoms with van der Waals surface area (Å²) in [5, 5.41) is -0.389. The van der Waals surface area contributed by atoms with Gasteiger partial charge in [-0.05, 0) is 62.0 Å². The second-order valence-corrected chi connectivity index (χ2v) is 9.12. The van der Waals surface area contributed by atoms with Gasteiger partial charge in [0.2, 0.25) is 0 Å². The third-order valence-corrected chi connectivity index (χ3v) is 6.38. The van der Waals surface area contributed by atoms with E-state index in [-0.39, 0.29) is 29.0 Å². The smallest absolute Gasteiger partial charge is 0.343 e. The standard InChI is InChI=1S/C28H25NO6S/c1-18-7-11-20(12-8-18)27(31)35-25-21(5-4-6-23(25)33-3)17-24-26(30)29(28(32)36-24)15-16-34-22-13-9-19(2)10-14-22/h4-14,17H,15-16H2,1-3H3/b24-17-. The van der Waals surface area contributed by atoms with Crippen LogP contribution in [0.5, 0.6) is 17.2 Å². The normalized spacial score (nSPS) is 14.3. The molecule has 0 unspecified atom stereocenters. The molecule has 1 saturated heterocycles. The molecule has 4 rings (SSSR count). The molecular weight excluding hydrogens is 478 g/mol. The van der Waals surface area contributed by atoms with Gasteiger partial charge in [-0.1, -0.05) is 47.5 Å². The summed E-state index contributed by atoms with van der Waals surface area (Å²) in [6.07, 6.45) is 1.53. The lowest BCUT2D eigenvalue weighted by Crippen LogP contribution is -2.32. The summed E-state index contributed by atoms with van der Waals surface area (Å²) in [6.45, 7) is 4.19. The highest BCUT2D eigenvalue weighted by atomic mass is 32.2. The van der Waals surface area contributed by atoms with Gasteiger partial charge < -0.3 is 14.2 Å². The van der Waals surface area contributed by atoms with Crippen molar-refractivity contribution >= 4 is 35.0 Å².